The molecule has 1 aliphatic rings. The van der Waals surface area contributed by atoms with Crippen LogP contribution in [0, 0.1) is 0 Å². The largest absolute Gasteiger partial charge is 0.354 e. The van der Waals surface area contributed by atoms with Crippen molar-refractivity contribution in [2.45, 2.75) is 24.7 Å². The number of nitrogens with one attached hydrogen (secondary N) is 1. The Balaban J connectivity index is 1.49. The minimum Gasteiger partial charge on any atom is -0.354 e. The minimum atomic E-state index is -0.164. The zero-order valence-corrected chi connectivity index (χ0v) is 18.9. The highest BCUT2D eigenvalue weighted by atomic mass is 32.2. The number of aryl methyl sites for hydroxylation is 1. The number of fused-ring (bicyclic) bond motifs is 1. The molecule has 0 spiro atoms. The van der Waals surface area contributed by atoms with E-state index < -0.39 is 0 Å². The quantitative estimate of drug-likeness (QED) is 0.519. The molecular weight excluding hydrogens is 416 g/mol. The average molecular weight is 443 g/mol. The van der Waals surface area contributed by atoms with Gasteiger partial charge in [0.15, 0.2) is 0 Å². The molecule has 2 amide bonds. The van der Waals surface area contributed by atoms with Crippen molar-refractivity contribution >= 4 is 35.3 Å². The van der Waals surface area contributed by atoms with Crippen molar-refractivity contribution in [3.63, 3.8) is 0 Å². The molecule has 0 bridgehead atoms. The Labute approximate surface area is 193 Å². The normalized spacial score (nSPS) is 14.3. The second-order valence-corrected chi connectivity index (χ2v) is 8.73. The van der Waals surface area contributed by atoms with E-state index in [9.17, 15) is 9.59 Å². The SMILES string of the molecule is CCc1ccc(C=C2Sc3ccccc3N(CC(=O)NCCc3ccccc3)C2=O)cc1. The van der Waals surface area contributed by atoms with Gasteiger partial charge >= 0.3 is 0 Å². The van der Waals surface area contributed by atoms with Crippen LogP contribution in [0.15, 0.2) is 88.7 Å². The number of benzene rings is 3. The number of para-hydroxylation sites is 1. The van der Waals surface area contributed by atoms with E-state index in [4.69, 9.17) is 0 Å². The van der Waals surface area contributed by atoms with E-state index in [0.717, 1.165) is 29.0 Å². The van der Waals surface area contributed by atoms with Crippen LogP contribution >= 0.6 is 11.8 Å². The maximum absolute atomic E-state index is 13.3. The van der Waals surface area contributed by atoms with Gasteiger partial charge in [0, 0.05) is 11.4 Å². The summed E-state index contributed by atoms with van der Waals surface area (Å²) in [4.78, 5) is 29.1. The zero-order chi connectivity index (χ0) is 22.3. The molecule has 0 saturated heterocycles. The van der Waals surface area contributed by atoms with Crippen LogP contribution in [0.3, 0.4) is 0 Å². The molecule has 0 atom stereocenters. The predicted molar refractivity (Wildman–Crippen MR) is 132 cm³/mol. The molecular formula is C27H26N2O2S. The Morgan fingerprint density at radius 1 is 0.938 bits per heavy atom. The fraction of sp³-hybridized carbons (Fsp3) is 0.185. The second-order valence-electron chi connectivity index (χ2n) is 7.65. The number of thioether (sulfide) groups is 1. The molecule has 32 heavy (non-hydrogen) atoms. The van der Waals surface area contributed by atoms with Crippen molar-refractivity contribution in [1.82, 2.24) is 5.32 Å². The van der Waals surface area contributed by atoms with Gasteiger partial charge in [-0.3, -0.25) is 14.5 Å². The Morgan fingerprint density at radius 3 is 2.41 bits per heavy atom. The van der Waals surface area contributed by atoms with Gasteiger partial charge in [-0.05, 0) is 47.7 Å². The van der Waals surface area contributed by atoms with Crippen LogP contribution in [-0.4, -0.2) is 24.9 Å². The number of anilines is 1. The van der Waals surface area contributed by atoms with E-state index in [0.29, 0.717) is 11.4 Å². The highest BCUT2D eigenvalue weighted by Crippen LogP contribution is 2.41. The first-order valence-corrected chi connectivity index (χ1v) is 11.7. The van der Waals surface area contributed by atoms with Crippen molar-refractivity contribution in [1.29, 1.82) is 0 Å². The van der Waals surface area contributed by atoms with Gasteiger partial charge in [0.25, 0.3) is 5.91 Å². The summed E-state index contributed by atoms with van der Waals surface area (Å²) < 4.78 is 0. The first-order valence-electron chi connectivity index (χ1n) is 10.8. The Hall–Kier alpha value is -3.31. The number of hydrogen-bond donors (Lipinski definition) is 1. The molecule has 0 fully saturated rings. The molecule has 3 aromatic carbocycles. The van der Waals surface area contributed by atoms with E-state index in [1.54, 1.807) is 4.90 Å². The molecule has 4 rings (SSSR count). The first-order chi connectivity index (χ1) is 15.6. The summed E-state index contributed by atoms with van der Waals surface area (Å²) in [6.07, 6.45) is 3.64. The molecule has 3 aromatic rings. The third-order valence-corrected chi connectivity index (χ3v) is 6.48. The number of amides is 2. The summed E-state index contributed by atoms with van der Waals surface area (Å²) >= 11 is 1.45. The highest BCUT2D eigenvalue weighted by Gasteiger charge is 2.30. The van der Waals surface area contributed by atoms with E-state index in [1.807, 2.05) is 72.8 Å². The van der Waals surface area contributed by atoms with E-state index in [2.05, 4.69) is 24.4 Å². The van der Waals surface area contributed by atoms with Gasteiger partial charge in [0.2, 0.25) is 5.91 Å². The predicted octanol–water partition coefficient (Wildman–Crippen LogP) is 5.09. The summed E-state index contributed by atoms with van der Waals surface area (Å²) in [6, 6.07) is 26.0. The summed E-state index contributed by atoms with van der Waals surface area (Å²) in [5.74, 6) is -0.311. The van der Waals surface area contributed by atoms with Crippen LogP contribution in [0.2, 0.25) is 0 Å². The summed E-state index contributed by atoms with van der Waals surface area (Å²) in [5, 5.41) is 2.95. The third kappa shape index (κ3) is 5.29. The number of rotatable bonds is 7. The lowest BCUT2D eigenvalue weighted by molar-refractivity contribution is -0.122. The van der Waals surface area contributed by atoms with E-state index >= 15 is 0 Å². The maximum Gasteiger partial charge on any atom is 0.265 e. The molecule has 0 radical (unpaired) electrons. The lowest BCUT2D eigenvalue weighted by Gasteiger charge is -2.29. The first kappa shape index (κ1) is 21.9. The van der Waals surface area contributed by atoms with Crippen LogP contribution in [0.4, 0.5) is 5.69 Å². The van der Waals surface area contributed by atoms with Crippen LogP contribution in [-0.2, 0) is 22.4 Å². The topological polar surface area (TPSA) is 49.4 Å². The van der Waals surface area contributed by atoms with Gasteiger partial charge in [0.05, 0.1) is 10.6 Å². The van der Waals surface area contributed by atoms with E-state index in [1.165, 1.54) is 22.9 Å². The van der Waals surface area contributed by atoms with Crippen molar-refractivity contribution in [2.75, 3.05) is 18.0 Å². The molecule has 162 valence electrons. The van der Waals surface area contributed by atoms with Gasteiger partial charge in [-0.15, -0.1) is 0 Å². The molecule has 0 aliphatic carbocycles. The molecule has 1 N–H and O–H groups in total. The number of hydrogen-bond acceptors (Lipinski definition) is 3. The fourth-order valence-corrected chi connectivity index (χ4v) is 4.67. The lowest BCUT2D eigenvalue weighted by atomic mass is 10.1. The van der Waals surface area contributed by atoms with Crippen LogP contribution in [0.25, 0.3) is 6.08 Å². The number of nitrogens with zero attached hydrogens (tertiary/aromatic N) is 1. The van der Waals surface area contributed by atoms with E-state index in [-0.39, 0.29) is 18.4 Å². The summed E-state index contributed by atoms with van der Waals surface area (Å²) in [5.41, 5.74) is 4.18. The molecule has 0 saturated carbocycles. The average Bonchev–Trinajstić information content (AvgIpc) is 2.83. The van der Waals surface area contributed by atoms with Crippen molar-refractivity contribution in [3.05, 3.63) is 100 Å². The standard InChI is InChI=1S/C27H26N2O2S/c1-2-20-12-14-22(15-13-20)18-25-27(31)29(23-10-6-7-11-24(23)32-25)19-26(30)28-17-16-21-8-4-3-5-9-21/h3-15,18H,2,16-17,19H2,1H3,(H,28,30). The van der Waals surface area contributed by atoms with Crippen LogP contribution in [0.1, 0.15) is 23.6 Å². The van der Waals surface area contributed by atoms with Crippen molar-refractivity contribution in [3.8, 4) is 0 Å². The second kappa shape index (κ2) is 10.3. The minimum absolute atomic E-state index is 0.00267. The molecule has 0 aromatic heterocycles. The molecule has 1 heterocycles. The van der Waals surface area contributed by atoms with Crippen LogP contribution in [0.5, 0.6) is 0 Å². The Morgan fingerprint density at radius 2 is 1.66 bits per heavy atom. The fourth-order valence-electron chi connectivity index (χ4n) is 3.61. The molecule has 0 unspecified atom stereocenters. The van der Waals surface area contributed by atoms with Crippen LogP contribution < -0.4 is 10.2 Å². The lowest BCUT2D eigenvalue weighted by Crippen LogP contribution is -2.43. The molecule has 1 aliphatic heterocycles. The molecule has 5 heteroatoms. The highest BCUT2D eigenvalue weighted by molar-refractivity contribution is 8.04. The Kier molecular flexibility index (Phi) is 7.07. The molecule has 4 nitrogen and oxygen atoms in total. The third-order valence-electron chi connectivity index (χ3n) is 5.40. The van der Waals surface area contributed by atoms with Gasteiger partial charge in [0.1, 0.15) is 6.54 Å². The van der Waals surface area contributed by atoms with Gasteiger partial charge < -0.3 is 5.32 Å². The monoisotopic (exact) mass is 442 g/mol. The number of carbonyl (C=O) groups is 2. The maximum atomic E-state index is 13.3. The van der Waals surface area contributed by atoms with Crippen molar-refractivity contribution < 1.29 is 9.59 Å². The van der Waals surface area contributed by atoms with Gasteiger partial charge in [-0.1, -0.05) is 85.4 Å². The Bertz CT molecular complexity index is 1120. The van der Waals surface area contributed by atoms with Crippen molar-refractivity contribution in [2.24, 2.45) is 0 Å². The summed E-state index contributed by atoms with van der Waals surface area (Å²) in [7, 11) is 0. The van der Waals surface area contributed by atoms with Gasteiger partial charge in [-0.2, -0.15) is 0 Å². The smallest absolute Gasteiger partial charge is 0.265 e. The zero-order valence-electron chi connectivity index (χ0n) is 18.1. The number of carbonyl (C=O) groups excluding carboxylic acids is 2. The summed E-state index contributed by atoms with van der Waals surface area (Å²) in [6.45, 7) is 2.65. The van der Waals surface area contributed by atoms with Gasteiger partial charge in [-0.25, -0.2) is 0 Å².